The fourth-order valence-corrected chi connectivity index (χ4v) is 5.20. The zero-order valence-electron chi connectivity index (χ0n) is 20.6. The second-order valence-electron chi connectivity index (χ2n) is 10.0. The predicted octanol–water partition coefficient (Wildman–Crippen LogP) is 7.23. The summed E-state index contributed by atoms with van der Waals surface area (Å²) in [6.07, 6.45) is 21.5. The molecule has 3 unspecified atom stereocenters. The quantitative estimate of drug-likeness (QED) is 0.188. The summed E-state index contributed by atoms with van der Waals surface area (Å²) in [5.41, 5.74) is 0. The van der Waals surface area contributed by atoms with Gasteiger partial charge in [0.05, 0.1) is 37.9 Å². The maximum absolute atomic E-state index is 12.5. The van der Waals surface area contributed by atoms with Gasteiger partial charge in [-0.25, -0.2) is 0 Å². The maximum Gasteiger partial charge on any atom is 0.309 e. The molecule has 3 atom stereocenters. The van der Waals surface area contributed by atoms with Crippen molar-refractivity contribution in [2.75, 3.05) is 19.8 Å². The first-order valence-electron chi connectivity index (χ1n) is 13.6. The first-order chi connectivity index (χ1) is 15.2. The van der Waals surface area contributed by atoms with Crippen molar-refractivity contribution >= 4 is 5.97 Å². The van der Waals surface area contributed by atoms with Crippen LogP contribution in [0.4, 0.5) is 0 Å². The van der Waals surface area contributed by atoms with Gasteiger partial charge in [0, 0.05) is 0 Å². The molecule has 0 spiro atoms. The van der Waals surface area contributed by atoms with E-state index >= 15 is 0 Å². The van der Waals surface area contributed by atoms with E-state index in [0.717, 1.165) is 25.7 Å². The third-order valence-electron chi connectivity index (χ3n) is 7.26. The van der Waals surface area contributed by atoms with Crippen LogP contribution in [-0.2, 0) is 19.0 Å². The van der Waals surface area contributed by atoms with E-state index in [1.165, 1.54) is 83.5 Å². The third kappa shape index (κ3) is 11.7. The number of carbonyl (C=O) groups is 1. The third-order valence-corrected chi connectivity index (χ3v) is 7.26. The van der Waals surface area contributed by atoms with Gasteiger partial charge < -0.3 is 14.2 Å². The Hall–Kier alpha value is -0.610. The molecule has 2 fully saturated rings. The van der Waals surface area contributed by atoms with Crippen LogP contribution in [0.3, 0.4) is 0 Å². The number of rotatable bonds is 16. The van der Waals surface area contributed by atoms with Gasteiger partial charge in [-0.2, -0.15) is 0 Å². The summed E-state index contributed by atoms with van der Waals surface area (Å²) in [4.78, 5) is 12.5. The molecule has 0 heterocycles. The summed E-state index contributed by atoms with van der Waals surface area (Å²) >= 11 is 0. The van der Waals surface area contributed by atoms with Crippen molar-refractivity contribution < 1.29 is 19.0 Å². The van der Waals surface area contributed by atoms with Gasteiger partial charge >= 0.3 is 5.97 Å². The Morgan fingerprint density at radius 2 is 1.32 bits per heavy atom. The topological polar surface area (TPSA) is 44.8 Å². The van der Waals surface area contributed by atoms with E-state index in [1.807, 2.05) is 0 Å². The summed E-state index contributed by atoms with van der Waals surface area (Å²) in [5.74, 6) is 0.414. The minimum atomic E-state index is 0.0196. The van der Waals surface area contributed by atoms with Gasteiger partial charge in [0.15, 0.2) is 0 Å². The van der Waals surface area contributed by atoms with E-state index in [4.69, 9.17) is 14.2 Å². The Bertz CT molecular complexity index is 447. The van der Waals surface area contributed by atoms with Crippen LogP contribution < -0.4 is 0 Å². The highest BCUT2D eigenvalue weighted by Gasteiger charge is 2.33. The SMILES string of the molecule is CCCCCCCCCCCOC(=O)C1CCC(OCCOC2CCCCC2)CC1C. The molecule has 182 valence electrons. The zero-order valence-corrected chi connectivity index (χ0v) is 20.6. The molecule has 0 aromatic heterocycles. The average molecular weight is 439 g/mol. The lowest BCUT2D eigenvalue weighted by Gasteiger charge is -2.32. The van der Waals surface area contributed by atoms with Gasteiger partial charge in [0.1, 0.15) is 0 Å². The molecular weight excluding hydrogens is 388 g/mol. The van der Waals surface area contributed by atoms with Gasteiger partial charge in [-0.05, 0) is 44.4 Å². The molecular formula is C27H50O4. The summed E-state index contributed by atoms with van der Waals surface area (Å²) in [6, 6.07) is 0. The number of carbonyl (C=O) groups excluding carboxylic acids is 1. The van der Waals surface area contributed by atoms with Gasteiger partial charge in [0.25, 0.3) is 0 Å². The van der Waals surface area contributed by atoms with Crippen molar-refractivity contribution in [1.82, 2.24) is 0 Å². The Labute approximate surface area is 192 Å². The molecule has 0 saturated heterocycles. The van der Waals surface area contributed by atoms with Gasteiger partial charge in [0.2, 0.25) is 0 Å². The predicted molar refractivity (Wildman–Crippen MR) is 127 cm³/mol. The molecule has 4 nitrogen and oxygen atoms in total. The summed E-state index contributed by atoms with van der Waals surface area (Å²) in [6.45, 7) is 6.42. The molecule has 0 amide bonds. The zero-order chi connectivity index (χ0) is 22.2. The highest BCUT2D eigenvalue weighted by Crippen LogP contribution is 2.32. The van der Waals surface area contributed by atoms with Crippen LogP contribution in [0.2, 0.25) is 0 Å². The van der Waals surface area contributed by atoms with Crippen molar-refractivity contribution in [2.45, 2.75) is 135 Å². The molecule has 0 radical (unpaired) electrons. The van der Waals surface area contributed by atoms with Crippen LogP contribution in [0.25, 0.3) is 0 Å². The van der Waals surface area contributed by atoms with E-state index in [1.54, 1.807) is 0 Å². The van der Waals surface area contributed by atoms with Gasteiger partial charge in [-0.1, -0.05) is 84.5 Å². The highest BCUT2D eigenvalue weighted by atomic mass is 16.5. The molecule has 2 saturated carbocycles. The van der Waals surface area contributed by atoms with E-state index in [2.05, 4.69) is 13.8 Å². The smallest absolute Gasteiger partial charge is 0.309 e. The number of hydrogen-bond acceptors (Lipinski definition) is 4. The van der Waals surface area contributed by atoms with Crippen molar-refractivity contribution in [3.8, 4) is 0 Å². The summed E-state index contributed by atoms with van der Waals surface area (Å²) < 4.78 is 17.6. The molecule has 2 aliphatic carbocycles. The lowest BCUT2D eigenvalue weighted by molar-refractivity contribution is -0.153. The molecule has 0 aromatic rings. The molecule has 4 heteroatoms. The largest absolute Gasteiger partial charge is 0.465 e. The van der Waals surface area contributed by atoms with Crippen LogP contribution >= 0.6 is 0 Å². The highest BCUT2D eigenvalue weighted by molar-refractivity contribution is 5.72. The van der Waals surface area contributed by atoms with Crippen LogP contribution in [-0.4, -0.2) is 38.0 Å². The number of unbranched alkanes of at least 4 members (excludes halogenated alkanes) is 8. The Morgan fingerprint density at radius 1 is 0.710 bits per heavy atom. The van der Waals surface area contributed by atoms with Crippen molar-refractivity contribution in [1.29, 1.82) is 0 Å². The number of ether oxygens (including phenoxy) is 3. The second kappa shape index (κ2) is 16.9. The molecule has 2 aliphatic rings. The molecule has 31 heavy (non-hydrogen) atoms. The lowest BCUT2D eigenvalue weighted by atomic mass is 9.79. The van der Waals surface area contributed by atoms with E-state index < -0.39 is 0 Å². The standard InChI is InChI=1S/C27H50O4/c1-3-4-5-6-7-8-9-10-14-19-31-27(28)26-18-17-25(22-23(26)2)30-21-20-29-24-15-12-11-13-16-24/h23-26H,3-22H2,1-2H3. The van der Waals surface area contributed by atoms with Crippen LogP contribution in [0.1, 0.15) is 123 Å². The first kappa shape index (κ1) is 26.6. The Balaban J connectivity index is 1.45. The lowest BCUT2D eigenvalue weighted by Crippen LogP contribution is -2.34. The Kier molecular flexibility index (Phi) is 14.6. The van der Waals surface area contributed by atoms with Crippen LogP contribution in [0, 0.1) is 11.8 Å². The van der Waals surface area contributed by atoms with Gasteiger partial charge in [-0.3, -0.25) is 4.79 Å². The van der Waals surface area contributed by atoms with E-state index in [0.29, 0.717) is 31.8 Å². The minimum Gasteiger partial charge on any atom is -0.465 e. The first-order valence-corrected chi connectivity index (χ1v) is 13.6. The average Bonchev–Trinajstić information content (AvgIpc) is 2.78. The molecule has 0 bridgehead atoms. The fraction of sp³-hybridized carbons (Fsp3) is 0.963. The summed E-state index contributed by atoms with van der Waals surface area (Å²) in [7, 11) is 0. The van der Waals surface area contributed by atoms with Crippen molar-refractivity contribution in [2.24, 2.45) is 11.8 Å². The maximum atomic E-state index is 12.5. The minimum absolute atomic E-state index is 0.0196. The van der Waals surface area contributed by atoms with Crippen LogP contribution in [0.5, 0.6) is 0 Å². The molecule has 0 aromatic carbocycles. The fourth-order valence-electron chi connectivity index (χ4n) is 5.20. The second-order valence-corrected chi connectivity index (χ2v) is 10.0. The normalized spacial score (nSPS) is 24.9. The van der Waals surface area contributed by atoms with Crippen LogP contribution in [0.15, 0.2) is 0 Å². The van der Waals surface area contributed by atoms with E-state index in [9.17, 15) is 4.79 Å². The van der Waals surface area contributed by atoms with Gasteiger partial charge in [-0.15, -0.1) is 0 Å². The van der Waals surface area contributed by atoms with E-state index in [-0.39, 0.29) is 18.0 Å². The molecule has 0 aliphatic heterocycles. The van der Waals surface area contributed by atoms with Crippen molar-refractivity contribution in [3.05, 3.63) is 0 Å². The number of hydrogen-bond donors (Lipinski definition) is 0. The summed E-state index contributed by atoms with van der Waals surface area (Å²) in [5, 5.41) is 0. The monoisotopic (exact) mass is 438 g/mol. The van der Waals surface area contributed by atoms with Crippen molar-refractivity contribution in [3.63, 3.8) is 0 Å². The molecule has 2 rings (SSSR count). The molecule has 0 N–H and O–H groups in total. The number of esters is 1. The Morgan fingerprint density at radius 3 is 1.97 bits per heavy atom.